The van der Waals surface area contributed by atoms with E-state index in [4.69, 9.17) is 11.6 Å². The van der Waals surface area contributed by atoms with Gasteiger partial charge in [-0.2, -0.15) is 4.31 Å². The molecular formula is C19H23ClN2O3S. The molecule has 0 atom stereocenters. The predicted octanol–water partition coefficient (Wildman–Crippen LogP) is 4.24. The Labute approximate surface area is 160 Å². The van der Waals surface area contributed by atoms with Crippen LogP contribution in [0.5, 0.6) is 0 Å². The molecular weight excluding hydrogens is 372 g/mol. The molecule has 2 aromatic carbocycles. The maximum atomic E-state index is 12.7. The number of hydrogen-bond acceptors (Lipinski definition) is 3. The van der Waals surface area contributed by atoms with Crippen molar-refractivity contribution >= 4 is 33.2 Å². The normalized spacial score (nSPS) is 11.6. The Morgan fingerprint density at radius 3 is 2.19 bits per heavy atom. The summed E-state index contributed by atoms with van der Waals surface area (Å²) in [6.07, 6.45) is 0. The van der Waals surface area contributed by atoms with Gasteiger partial charge in [0.1, 0.15) is 0 Å². The number of para-hydroxylation sites is 1. The van der Waals surface area contributed by atoms with Crippen molar-refractivity contribution in [3.05, 3.63) is 58.1 Å². The van der Waals surface area contributed by atoms with Crippen LogP contribution in [0, 0.1) is 13.8 Å². The predicted molar refractivity (Wildman–Crippen MR) is 105 cm³/mol. The molecule has 0 unspecified atom stereocenters. The topological polar surface area (TPSA) is 66.5 Å². The molecule has 7 heteroatoms. The van der Waals surface area contributed by atoms with Crippen LogP contribution >= 0.6 is 11.6 Å². The third-order valence-electron chi connectivity index (χ3n) is 4.25. The maximum absolute atomic E-state index is 12.7. The van der Waals surface area contributed by atoms with E-state index in [1.807, 2.05) is 32.0 Å². The zero-order valence-corrected chi connectivity index (χ0v) is 16.9. The summed E-state index contributed by atoms with van der Waals surface area (Å²) in [6, 6.07) is 9.89. The summed E-state index contributed by atoms with van der Waals surface area (Å²) in [5.74, 6) is -0.441. The Morgan fingerprint density at radius 1 is 1.08 bits per heavy atom. The second-order valence-corrected chi connectivity index (χ2v) is 8.30. The van der Waals surface area contributed by atoms with Gasteiger partial charge >= 0.3 is 0 Å². The molecule has 0 saturated heterocycles. The van der Waals surface area contributed by atoms with Gasteiger partial charge in [0.2, 0.25) is 10.0 Å². The van der Waals surface area contributed by atoms with Gasteiger partial charge in [-0.25, -0.2) is 8.42 Å². The number of carbonyl (C=O) groups excluding carboxylic acids is 1. The van der Waals surface area contributed by atoms with Gasteiger partial charge < -0.3 is 5.32 Å². The van der Waals surface area contributed by atoms with Crippen molar-refractivity contribution in [1.82, 2.24) is 4.31 Å². The number of sulfonamides is 1. The molecule has 0 saturated carbocycles. The fraction of sp³-hybridized carbons (Fsp3) is 0.316. The average molecular weight is 395 g/mol. The monoisotopic (exact) mass is 394 g/mol. The van der Waals surface area contributed by atoms with Crippen molar-refractivity contribution in [2.24, 2.45) is 0 Å². The van der Waals surface area contributed by atoms with Gasteiger partial charge in [-0.05, 0) is 43.2 Å². The van der Waals surface area contributed by atoms with Gasteiger partial charge in [0.15, 0.2) is 0 Å². The number of aryl methyl sites for hydroxylation is 2. The molecule has 0 fully saturated rings. The lowest BCUT2D eigenvalue weighted by Gasteiger charge is -2.19. The molecule has 0 aromatic heterocycles. The molecule has 1 N–H and O–H groups in total. The van der Waals surface area contributed by atoms with E-state index in [0.29, 0.717) is 18.8 Å². The molecule has 0 aliphatic rings. The number of carbonyl (C=O) groups is 1. The standard InChI is InChI=1S/C19H23ClN2O3S/c1-5-22(6-2)26(24,25)15-10-11-17(20)16(12-15)19(23)21-18-13(3)8-7-9-14(18)4/h7-12H,5-6H2,1-4H3,(H,21,23). The Hall–Kier alpha value is -1.89. The van der Waals surface area contributed by atoms with E-state index < -0.39 is 15.9 Å². The summed E-state index contributed by atoms with van der Waals surface area (Å²) >= 11 is 6.17. The van der Waals surface area contributed by atoms with Crippen LogP contribution in [0.4, 0.5) is 5.69 Å². The third kappa shape index (κ3) is 4.09. The lowest BCUT2D eigenvalue weighted by Crippen LogP contribution is -2.30. The van der Waals surface area contributed by atoms with Crippen LogP contribution in [0.2, 0.25) is 5.02 Å². The zero-order chi connectivity index (χ0) is 19.5. The summed E-state index contributed by atoms with van der Waals surface area (Å²) < 4.78 is 26.7. The molecule has 0 radical (unpaired) electrons. The molecule has 0 aliphatic heterocycles. The second kappa shape index (κ2) is 8.20. The first kappa shape index (κ1) is 20.4. The third-order valence-corrected chi connectivity index (χ3v) is 6.62. The van der Waals surface area contributed by atoms with Crippen molar-refractivity contribution in [1.29, 1.82) is 0 Å². The van der Waals surface area contributed by atoms with Crippen LogP contribution in [0.15, 0.2) is 41.3 Å². The fourth-order valence-electron chi connectivity index (χ4n) is 2.74. The largest absolute Gasteiger partial charge is 0.321 e. The van der Waals surface area contributed by atoms with Crippen LogP contribution in [0.1, 0.15) is 35.3 Å². The molecule has 0 aliphatic carbocycles. The van der Waals surface area contributed by atoms with Gasteiger partial charge in [0, 0.05) is 18.8 Å². The number of benzene rings is 2. The Bertz CT molecular complexity index is 902. The van der Waals surface area contributed by atoms with E-state index in [-0.39, 0.29) is 15.5 Å². The fourth-order valence-corrected chi connectivity index (χ4v) is 4.43. The molecule has 0 spiro atoms. The smallest absolute Gasteiger partial charge is 0.257 e. The first-order valence-electron chi connectivity index (χ1n) is 8.39. The van der Waals surface area contributed by atoms with Crippen LogP contribution in [0.25, 0.3) is 0 Å². The van der Waals surface area contributed by atoms with Crippen LogP contribution < -0.4 is 5.32 Å². The molecule has 1 amide bonds. The minimum atomic E-state index is -3.67. The van der Waals surface area contributed by atoms with Gasteiger partial charge in [0.05, 0.1) is 15.5 Å². The van der Waals surface area contributed by atoms with Crippen LogP contribution in [0.3, 0.4) is 0 Å². The van der Waals surface area contributed by atoms with Crippen LogP contribution in [-0.4, -0.2) is 31.7 Å². The number of nitrogens with zero attached hydrogens (tertiary/aromatic N) is 1. The van der Waals surface area contributed by atoms with E-state index in [1.54, 1.807) is 13.8 Å². The Kier molecular flexibility index (Phi) is 6.44. The molecule has 0 bridgehead atoms. The molecule has 0 heterocycles. The summed E-state index contributed by atoms with van der Waals surface area (Å²) in [6.45, 7) is 8.03. The first-order valence-corrected chi connectivity index (χ1v) is 10.2. The van der Waals surface area contributed by atoms with Gasteiger partial charge in [0.25, 0.3) is 5.91 Å². The lowest BCUT2D eigenvalue weighted by atomic mass is 10.1. The summed E-state index contributed by atoms with van der Waals surface area (Å²) in [7, 11) is -3.67. The lowest BCUT2D eigenvalue weighted by molar-refractivity contribution is 0.102. The average Bonchev–Trinajstić information content (AvgIpc) is 2.59. The number of rotatable bonds is 6. The Morgan fingerprint density at radius 2 is 1.65 bits per heavy atom. The number of anilines is 1. The van der Waals surface area contributed by atoms with Crippen molar-refractivity contribution in [3.8, 4) is 0 Å². The Balaban J connectivity index is 2.43. The van der Waals surface area contributed by atoms with Crippen molar-refractivity contribution < 1.29 is 13.2 Å². The SMILES string of the molecule is CCN(CC)S(=O)(=O)c1ccc(Cl)c(C(=O)Nc2c(C)cccc2C)c1. The van der Waals surface area contributed by atoms with E-state index in [2.05, 4.69) is 5.32 Å². The molecule has 2 rings (SSSR count). The van der Waals surface area contributed by atoms with Gasteiger partial charge in [-0.3, -0.25) is 4.79 Å². The summed E-state index contributed by atoms with van der Waals surface area (Å²) in [4.78, 5) is 12.8. The highest BCUT2D eigenvalue weighted by Gasteiger charge is 2.24. The second-order valence-electron chi connectivity index (χ2n) is 5.95. The van der Waals surface area contributed by atoms with Crippen molar-refractivity contribution in [2.45, 2.75) is 32.6 Å². The first-order chi connectivity index (χ1) is 12.2. The highest BCUT2D eigenvalue weighted by Crippen LogP contribution is 2.26. The van der Waals surface area contributed by atoms with E-state index in [1.165, 1.54) is 22.5 Å². The van der Waals surface area contributed by atoms with E-state index in [9.17, 15) is 13.2 Å². The maximum Gasteiger partial charge on any atom is 0.257 e. The quantitative estimate of drug-likeness (QED) is 0.796. The molecule has 5 nitrogen and oxygen atoms in total. The number of amides is 1. The summed E-state index contributed by atoms with van der Waals surface area (Å²) in [5, 5.41) is 3.04. The molecule has 140 valence electrons. The van der Waals surface area contributed by atoms with Gasteiger partial charge in [-0.15, -0.1) is 0 Å². The molecule has 2 aromatic rings. The number of nitrogens with one attached hydrogen (secondary N) is 1. The van der Waals surface area contributed by atoms with E-state index in [0.717, 1.165) is 11.1 Å². The minimum absolute atomic E-state index is 0.0530. The van der Waals surface area contributed by atoms with E-state index >= 15 is 0 Å². The molecule has 26 heavy (non-hydrogen) atoms. The minimum Gasteiger partial charge on any atom is -0.321 e. The highest BCUT2D eigenvalue weighted by atomic mass is 35.5. The summed E-state index contributed by atoms with van der Waals surface area (Å²) in [5.41, 5.74) is 2.66. The number of hydrogen-bond donors (Lipinski definition) is 1. The zero-order valence-electron chi connectivity index (χ0n) is 15.3. The van der Waals surface area contributed by atoms with Crippen molar-refractivity contribution in [3.63, 3.8) is 0 Å². The van der Waals surface area contributed by atoms with Crippen molar-refractivity contribution in [2.75, 3.05) is 18.4 Å². The highest BCUT2D eigenvalue weighted by molar-refractivity contribution is 7.89. The van der Waals surface area contributed by atoms with Gasteiger partial charge in [-0.1, -0.05) is 43.6 Å². The number of halogens is 1. The van der Waals surface area contributed by atoms with Crippen LogP contribution in [-0.2, 0) is 10.0 Å².